The largest absolute Gasteiger partial charge is 0.493 e. The Hall–Kier alpha value is -2.50. The zero-order chi connectivity index (χ0) is 17.2. The summed E-state index contributed by atoms with van der Waals surface area (Å²) in [6.07, 6.45) is 3.61. The third kappa shape index (κ3) is 6.02. The van der Waals surface area contributed by atoms with Crippen LogP contribution in [0.3, 0.4) is 0 Å². The number of hydrogen-bond acceptors (Lipinski definition) is 5. The summed E-state index contributed by atoms with van der Waals surface area (Å²) in [4.78, 5) is 23.2. The predicted molar refractivity (Wildman–Crippen MR) is 87.4 cm³/mol. The van der Waals surface area contributed by atoms with Crippen molar-refractivity contribution in [3.63, 3.8) is 0 Å². The van der Waals surface area contributed by atoms with Gasteiger partial charge in [-0.2, -0.15) is 0 Å². The molecule has 126 valence electrons. The Kier molecular flexibility index (Phi) is 7.66. The molecule has 1 rings (SSSR count). The average molecular weight is 321 g/mol. The molecule has 0 spiro atoms. The molecule has 1 N–H and O–H groups in total. The third-order valence-electron chi connectivity index (χ3n) is 3.20. The van der Waals surface area contributed by atoms with Crippen LogP contribution in [0.1, 0.15) is 25.8 Å². The molecule has 0 aromatic heterocycles. The fourth-order valence-electron chi connectivity index (χ4n) is 1.80. The highest BCUT2D eigenvalue weighted by molar-refractivity contribution is 5.89. The number of amides is 1. The standard InChI is InChI=1S/C17H23NO5/c1-5-12(2)18-15(19)11-23-16(20)10-9-13-7-6-8-14(21-3)17(13)22-4/h6-10,12H,5,11H2,1-4H3,(H,18,19)/b10-9+/t12-/m1/s1. The van der Waals surface area contributed by atoms with Gasteiger partial charge < -0.3 is 19.5 Å². The van der Waals surface area contributed by atoms with Crippen molar-refractivity contribution in [2.75, 3.05) is 20.8 Å². The Labute approximate surface area is 136 Å². The molecular formula is C17H23NO5. The van der Waals surface area contributed by atoms with E-state index in [9.17, 15) is 9.59 Å². The van der Waals surface area contributed by atoms with Crippen LogP contribution in [0.2, 0.25) is 0 Å². The summed E-state index contributed by atoms with van der Waals surface area (Å²) in [5.74, 6) is 0.166. The summed E-state index contributed by atoms with van der Waals surface area (Å²) < 4.78 is 15.3. The van der Waals surface area contributed by atoms with Crippen LogP contribution in [0.5, 0.6) is 11.5 Å². The fraction of sp³-hybridized carbons (Fsp3) is 0.412. The van der Waals surface area contributed by atoms with Crippen molar-refractivity contribution in [3.05, 3.63) is 29.8 Å². The van der Waals surface area contributed by atoms with Crippen molar-refractivity contribution >= 4 is 18.0 Å². The first-order valence-corrected chi connectivity index (χ1v) is 7.37. The van der Waals surface area contributed by atoms with Gasteiger partial charge in [-0.15, -0.1) is 0 Å². The SMILES string of the molecule is CC[C@@H](C)NC(=O)COC(=O)/C=C/c1cccc(OC)c1OC. The Bertz CT molecular complexity index is 568. The molecule has 0 unspecified atom stereocenters. The monoisotopic (exact) mass is 321 g/mol. The summed E-state index contributed by atoms with van der Waals surface area (Å²) >= 11 is 0. The van der Waals surface area contributed by atoms with Gasteiger partial charge in [-0.3, -0.25) is 4.79 Å². The molecule has 1 atom stereocenters. The molecule has 0 radical (unpaired) electrons. The van der Waals surface area contributed by atoms with Crippen LogP contribution in [0.25, 0.3) is 6.08 Å². The molecule has 0 heterocycles. The lowest BCUT2D eigenvalue weighted by Gasteiger charge is -2.11. The molecule has 6 nitrogen and oxygen atoms in total. The van der Waals surface area contributed by atoms with E-state index in [4.69, 9.17) is 14.2 Å². The lowest BCUT2D eigenvalue weighted by atomic mass is 10.1. The Morgan fingerprint density at radius 1 is 1.26 bits per heavy atom. The van der Waals surface area contributed by atoms with E-state index in [0.29, 0.717) is 17.1 Å². The number of benzene rings is 1. The number of methoxy groups -OCH3 is 2. The van der Waals surface area contributed by atoms with Gasteiger partial charge in [-0.05, 0) is 25.5 Å². The van der Waals surface area contributed by atoms with E-state index >= 15 is 0 Å². The second-order valence-corrected chi connectivity index (χ2v) is 4.90. The van der Waals surface area contributed by atoms with Gasteiger partial charge in [0.25, 0.3) is 5.91 Å². The number of hydrogen-bond donors (Lipinski definition) is 1. The number of para-hydroxylation sites is 1. The molecule has 1 aromatic rings. The van der Waals surface area contributed by atoms with Gasteiger partial charge in [0.05, 0.1) is 14.2 Å². The quantitative estimate of drug-likeness (QED) is 0.587. The van der Waals surface area contributed by atoms with E-state index in [1.54, 1.807) is 24.3 Å². The Morgan fingerprint density at radius 2 is 2.00 bits per heavy atom. The minimum atomic E-state index is -0.603. The van der Waals surface area contributed by atoms with Gasteiger partial charge in [0, 0.05) is 17.7 Å². The highest BCUT2D eigenvalue weighted by Crippen LogP contribution is 2.31. The minimum Gasteiger partial charge on any atom is -0.493 e. The number of nitrogens with one attached hydrogen (secondary N) is 1. The van der Waals surface area contributed by atoms with Gasteiger partial charge in [0.1, 0.15) is 0 Å². The van der Waals surface area contributed by atoms with Gasteiger partial charge in [0.2, 0.25) is 0 Å². The molecule has 0 aliphatic carbocycles. The lowest BCUT2D eigenvalue weighted by Crippen LogP contribution is -2.35. The third-order valence-corrected chi connectivity index (χ3v) is 3.20. The number of ether oxygens (including phenoxy) is 3. The fourth-order valence-corrected chi connectivity index (χ4v) is 1.80. The van der Waals surface area contributed by atoms with Crippen molar-refractivity contribution in [1.82, 2.24) is 5.32 Å². The van der Waals surface area contributed by atoms with E-state index in [-0.39, 0.29) is 18.6 Å². The van der Waals surface area contributed by atoms with E-state index in [1.165, 1.54) is 20.3 Å². The van der Waals surface area contributed by atoms with Crippen LogP contribution in [0.15, 0.2) is 24.3 Å². The molecular weight excluding hydrogens is 298 g/mol. The van der Waals surface area contributed by atoms with Crippen molar-refractivity contribution in [2.24, 2.45) is 0 Å². The van der Waals surface area contributed by atoms with E-state index in [0.717, 1.165) is 6.42 Å². The van der Waals surface area contributed by atoms with Crippen LogP contribution in [0.4, 0.5) is 0 Å². The summed E-state index contributed by atoms with van der Waals surface area (Å²) in [5, 5.41) is 2.72. The van der Waals surface area contributed by atoms with E-state index < -0.39 is 5.97 Å². The maximum atomic E-state index is 11.7. The minimum absolute atomic E-state index is 0.0535. The molecule has 1 aromatic carbocycles. The zero-order valence-electron chi connectivity index (χ0n) is 13.9. The van der Waals surface area contributed by atoms with Crippen molar-refractivity contribution in [3.8, 4) is 11.5 Å². The second kappa shape index (κ2) is 9.50. The molecule has 0 saturated carbocycles. The number of rotatable bonds is 8. The van der Waals surface area contributed by atoms with Crippen LogP contribution in [-0.4, -0.2) is 38.7 Å². The first-order chi connectivity index (χ1) is 11.0. The zero-order valence-corrected chi connectivity index (χ0v) is 13.9. The van der Waals surface area contributed by atoms with E-state index in [1.807, 2.05) is 13.8 Å². The van der Waals surface area contributed by atoms with Gasteiger partial charge in [0.15, 0.2) is 18.1 Å². The molecule has 0 fully saturated rings. The smallest absolute Gasteiger partial charge is 0.331 e. The van der Waals surface area contributed by atoms with Crippen LogP contribution in [0, 0.1) is 0 Å². The maximum Gasteiger partial charge on any atom is 0.331 e. The highest BCUT2D eigenvalue weighted by atomic mass is 16.5. The van der Waals surface area contributed by atoms with Gasteiger partial charge in [-0.1, -0.05) is 19.1 Å². The van der Waals surface area contributed by atoms with Crippen molar-refractivity contribution < 1.29 is 23.8 Å². The summed E-state index contributed by atoms with van der Waals surface area (Å²) in [6.45, 7) is 3.54. The van der Waals surface area contributed by atoms with Crippen molar-refractivity contribution in [2.45, 2.75) is 26.3 Å². The van der Waals surface area contributed by atoms with Crippen LogP contribution >= 0.6 is 0 Å². The molecule has 0 aliphatic rings. The normalized spacial score (nSPS) is 11.8. The summed E-state index contributed by atoms with van der Waals surface area (Å²) in [7, 11) is 3.06. The highest BCUT2D eigenvalue weighted by Gasteiger charge is 2.09. The number of carbonyl (C=O) groups excluding carboxylic acids is 2. The Morgan fingerprint density at radius 3 is 2.61 bits per heavy atom. The molecule has 0 aliphatic heterocycles. The molecule has 0 saturated heterocycles. The van der Waals surface area contributed by atoms with E-state index in [2.05, 4.69) is 5.32 Å². The first-order valence-electron chi connectivity index (χ1n) is 7.37. The molecule has 1 amide bonds. The first kappa shape index (κ1) is 18.5. The van der Waals surface area contributed by atoms with Crippen LogP contribution in [-0.2, 0) is 14.3 Å². The molecule has 23 heavy (non-hydrogen) atoms. The van der Waals surface area contributed by atoms with Crippen molar-refractivity contribution in [1.29, 1.82) is 0 Å². The molecule has 0 bridgehead atoms. The Balaban J connectivity index is 2.61. The summed E-state index contributed by atoms with van der Waals surface area (Å²) in [5.41, 5.74) is 0.674. The average Bonchev–Trinajstić information content (AvgIpc) is 2.57. The number of esters is 1. The molecule has 6 heteroatoms. The topological polar surface area (TPSA) is 73.9 Å². The van der Waals surface area contributed by atoms with Gasteiger partial charge in [-0.25, -0.2) is 4.79 Å². The lowest BCUT2D eigenvalue weighted by molar-refractivity contribution is -0.144. The second-order valence-electron chi connectivity index (χ2n) is 4.90. The predicted octanol–water partition coefficient (Wildman–Crippen LogP) is 2.17. The van der Waals surface area contributed by atoms with Gasteiger partial charge >= 0.3 is 5.97 Å². The number of carbonyl (C=O) groups is 2. The summed E-state index contributed by atoms with van der Waals surface area (Å²) in [6, 6.07) is 5.37. The van der Waals surface area contributed by atoms with Crippen LogP contribution < -0.4 is 14.8 Å². The maximum absolute atomic E-state index is 11.7.